The predicted molar refractivity (Wildman–Crippen MR) is 60.2 cm³/mol. The van der Waals surface area contributed by atoms with Crippen LogP contribution in [0.3, 0.4) is 0 Å². The molecule has 0 aliphatic rings. The number of rotatable bonds is 1. The summed E-state index contributed by atoms with van der Waals surface area (Å²) >= 11 is 0. The molecule has 0 atom stereocenters. The van der Waals surface area contributed by atoms with Gasteiger partial charge in [-0.2, -0.15) is 0 Å². The number of hydrogen-bond acceptors (Lipinski definition) is 3. The molecular formula is C13H8O3. The van der Waals surface area contributed by atoms with Crippen LogP contribution in [0.5, 0.6) is 0 Å². The van der Waals surface area contributed by atoms with Crippen molar-refractivity contribution in [3.8, 4) is 11.3 Å². The maximum Gasteiger partial charge on any atom is 0.347 e. The predicted octanol–water partition coefficient (Wildman–Crippen LogP) is 3.05. The molecule has 0 N–H and O–H groups in total. The Bertz CT molecular complexity index is 677. The van der Waals surface area contributed by atoms with E-state index in [1.165, 1.54) is 6.26 Å². The highest BCUT2D eigenvalue weighted by molar-refractivity contribution is 5.78. The van der Waals surface area contributed by atoms with Crippen molar-refractivity contribution < 1.29 is 8.83 Å². The SMILES string of the molecule is O=c1oc(-c2ccccc2)cc2occc12. The summed E-state index contributed by atoms with van der Waals surface area (Å²) in [7, 11) is 0. The van der Waals surface area contributed by atoms with Crippen LogP contribution in [0.4, 0.5) is 0 Å². The third kappa shape index (κ3) is 1.34. The Kier molecular flexibility index (Phi) is 1.90. The van der Waals surface area contributed by atoms with Gasteiger partial charge in [0.15, 0.2) is 0 Å². The first-order chi connectivity index (χ1) is 7.84. The molecule has 16 heavy (non-hydrogen) atoms. The second-order valence-electron chi connectivity index (χ2n) is 3.46. The van der Waals surface area contributed by atoms with Crippen LogP contribution in [-0.4, -0.2) is 0 Å². The highest BCUT2D eigenvalue weighted by Crippen LogP contribution is 2.21. The van der Waals surface area contributed by atoms with Gasteiger partial charge in [0.25, 0.3) is 0 Å². The minimum absolute atomic E-state index is 0.370. The molecule has 0 saturated heterocycles. The lowest BCUT2D eigenvalue weighted by Gasteiger charge is -1.98. The van der Waals surface area contributed by atoms with E-state index in [4.69, 9.17) is 8.83 Å². The fraction of sp³-hybridized carbons (Fsp3) is 0. The Hall–Kier alpha value is -2.29. The van der Waals surface area contributed by atoms with E-state index in [2.05, 4.69) is 0 Å². The summed E-state index contributed by atoms with van der Waals surface area (Å²) in [6.45, 7) is 0. The largest absolute Gasteiger partial charge is 0.464 e. The quantitative estimate of drug-likeness (QED) is 0.622. The molecule has 3 nitrogen and oxygen atoms in total. The van der Waals surface area contributed by atoms with E-state index in [1.807, 2.05) is 30.3 Å². The van der Waals surface area contributed by atoms with Crippen molar-refractivity contribution in [2.45, 2.75) is 0 Å². The lowest BCUT2D eigenvalue weighted by Crippen LogP contribution is -1.97. The summed E-state index contributed by atoms with van der Waals surface area (Å²) in [6, 6.07) is 12.8. The molecule has 1 aromatic carbocycles. The van der Waals surface area contributed by atoms with Gasteiger partial charge in [-0.1, -0.05) is 30.3 Å². The number of furan rings is 1. The van der Waals surface area contributed by atoms with Crippen molar-refractivity contribution in [3.05, 3.63) is 59.1 Å². The third-order valence-corrected chi connectivity index (χ3v) is 2.44. The second-order valence-corrected chi connectivity index (χ2v) is 3.46. The van der Waals surface area contributed by atoms with E-state index in [0.717, 1.165) is 5.56 Å². The molecule has 0 unspecified atom stereocenters. The lowest BCUT2D eigenvalue weighted by molar-refractivity contribution is 0.530. The van der Waals surface area contributed by atoms with Crippen molar-refractivity contribution in [3.63, 3.8) is 0 Å². The minimum atomic E-state index is -0.370. The van der Waals surface area contributed by atoms with Crippen LogP contribution in [0, 0.1) is 0 Å². The average Bonchev–Trinajstić information content (AvgIpc) is 2.79. The molecule has 0 aliphatic carbocycles. The minimum Gasteiger partial charge on any atom is -0.464 e. The molecule has 78 valence electrons. The van der Waals surface area contributed by atoms with Gasteiger partial charge < -0.3 is 8.83 Å². The first-order valence-corrected chi connectivity index (χ1v) is 4.91. The molecule has 0 aliphatic heterocycles. The normalized spacial score (nSPS) is 10.8. The van der Waals surface area contributed by atoms with Crippen molar-refractivity contribution >= 4 is 11.0 Å². The van der Waals surface area contributed by atoms with Crippen LogP contribution in [0.15, 0.2) is 62.4 Å². The molecule has 0 spiro atoms. The Morgan fingerprint density at radius 1 is 1.00 bits per heavy atom. The topological polar surface area (TPSA) is 43.4 Å². The van der Waals surface area contributed by atoms with E-state index in [1.54, 1.807) is 12.1 Å². The summed E-state index contributed by atoms with van der Waals surface area (Å²) in [5, 5.41) is 0.472. The molecule has 2 aromatic heterocycles. The molecule has 0 amide bonds. The third-order valence-electron chi connectivity index (χ3n) is 2.44. The van der Waals surface area contributed by atoms with Gasteiger partial charge in [-0.05, 0) is 6.07 Å². The lowest BCUT2D eigenvalue weighted by atomic mass is 10.1. The maximum absolute atomic E-state index is 11.6. The zero-order chi connectivity index (χ0) is 11.0. The molecule has 3 aromatic rings. The standard InChI is InChI=1S/C13H8O3/c14-13-10-6-7-15-12(10)8-11(16-13)9-4-2-1-3-5-9/h1-8H. The van der Waals surface area contributed by atoms with E-state index in [0.29, 0.717) is 16.7 Å². The average molecular weight is 212 g/mol. The van der Waals surface area contributed by atoms with E-state index < -0.39 is 0 Å². The van der Waals surface area contributed by atoms with Gasteiger partial charge in [-0.25, -0.2) is 4.79 Å². The van der Waals surface area contributed by atoms with Gasteiger partial charge in [0.2, 0.25) is 0 Å². The van der Waals surface area contributed by atoms with Gasteiger partial charge >= 0.3 is 5.63 Å². The second kappa shape index (κ2) is 3.38. The van der Waals surface area contributed by atoms with E-state index in [-0.39, 0.29) is 5.63 Å². The fourth-order valence-corrected chi connectivity index (χ4v) is 1.65. The highest BCUT2D eigenvalue weighted by Gasteiger charge is 2.07. The van der Waals surface area contributed by atoms with Crippen LogP contribution in [0.2, 0.25) is 0 Å². The van der Waals surface area contributed by atoms with Gasteiger partial charge in [0.1, 0.15) is 16.7 Å². The molecular weight excluding hydrogens is 204 g/mol. The van der Waals surface area contributed by atoms with Crippen molar-refractivity contribution in [1.82, 2.24) is 0 Å². The van der Waals surface area contributed by atoms with Gasteiger partial charge in [-0.3, -0.25) is 0 Å². The van der Waals surface area contributed by atoms with E-state index in [9.17, 15) is 4.79 Å². The van der Waals surface area contributed by atoms with Crippen molar-refractivity contribution in [2.75, 3.05) is 0 Å². The summed E-state index contributed by atoms with van der Waals surface area (Å²) in [5.41, 5.74) is 1.04. The number of benzene rings is 1. The van der Waals surface area contributed by atoms with Crippen LogP contribution in [-0.2, 0) is 0 Å². The zero-order valence-corrected chi connectivity index (χ0v) is 8.34. The van der Waals surface area contributed by atoms with Gasteiger partial charge in [0, 0.05) is 11.6 Å². The highest BCUT2D eigenvalue weighted by atomic mass is 16.4. The number of fused-ring (bicyclic) bond motifs is 1. The summed E-state index contributed by atoms with van der Waals surface area (Å²) in [6.07, 6.45) is 1.48. The molecule has 3 heteroatoms. The first kappa shape index (κ1) is 8.97. The molecule has 2 heterocycles. The van der Waals surface area contributed by atoms with Crippen molar-refractivity contribution in [2.24, 2.45) is 0 Å². The molecule has 0 radical (unpaired) electrons. The van der Waals surface area contributed by atoms with E-state index >= 15 is 0 Å². The van der Waals surface area contributed by atoms with Crippen LogP contribution >= 0.6 is 0 Å². The van der Waals surface area contributed by atoms with Crippen LogP contribution in [0.25, 0.3) is 22.3 Å². The van der Waals surface area contributed by atoms with Gasteiger partial charge in [0.05, 0.1) is 6.26 Å². The smallest absolute Gasteiger partial charge is 0.347 e. The van der Waals surface area contributed by atoms with Crippen molar-refractivity contribution in [1.29, 1.82) is 0 Å². The molecule has 0 fully saturated rings. The van der Waals surface area contributed by atoms with Crippen LogP contribution < -0.4 is 5.63 Å². The number of hydrogen-bond donors (Lipinski definition) is 0. The Balaban J connectivity index is 2.30. The van der Waals surface area contributed by atoms with Gasteiger partial charge in [-0.15, -0.1) is 0 Å². The maximum atomic E-state index is 11.6. The fourth-order valence-electron chi connectivity index (χ4n) is 1.65. The summed E-state index contributed by atoms with van der Waals surface area (Å²) in [4.78, 5) is 11.6. The van der Waals surface area contributed by atoms with Crippen LogP contribution in [0.1, 0.15) is 0 Å². The zero-order valence-electron chi connectivity index (χ0n) is 8.34. The summed E-state index contributed by atoms with van der Waals surface area (Å²) < 4.78 is 10.4. The first-order valence-electron chi connectivity index (χ1n) is 4.91. The monoisotopic (exact) mass is 212 g/mol. The Labute approximate surface area is 90.9 Å². The Morgan fingerprint density at radius 3 is 2.62 bits per heavy atom. The molecule has 0 bridgehead atoms. The molecule has 0 saturated carbocycles. The Morgan fingerprint density at radius 2 is 1.81 bits per heavy atom. The molecule has 3 rings (SSSR count). The summed E-state index contributed by atoms with van der Waals surface area (Å²) in [5.74, 6) is 0.521.